The molecule has 4 nitrogen and oxygen atoms in total. The van der Waals surface area contributed by atoms with Gasteiger partial charge in [0, 0.05) is 31.6 Å². The van der Waals surface area contributed by atoms with Crippen LogP contribution in [0, 0.1) is 12.8 Å². The minimum atomic E-state index is 0.566. The molecule has 2 aromatic rings. The number of aromatic nitrogens is 3. The molecule has 0 unspecified atom stereocenters. The van der Waals surface area contributed by atoms with Crippen LogP contribution in [0.25, 0.3) is 11.2 Å². The highest BCUT2D eigenvalue weighted by Gasteiger charge is 2.12. The maximum atomic E-state index is 5.89. The highest BCUT2D eigenvalue weighted by Crippen LogP contribution is 2.18. The highest BCUT2D eigenvalue weighted by atomic mass is 35.5. The van der Waals surface area contributed by atoms with Gasteiger partial charge in [-0.15, -0.1) is 11.6 Å². The van der Waals surface area contributed by atoms with Gasteiger partial charge in [-0.2, -0.15) is 0 Å². The van der Waals surface area contributed by atoms with Crippen LogP contribution in [0.15, 0.2) is 12.3 Å². The Balaban J connectivity index is 2.09. The normalized spacial score (nSPS) is 11.7. The lowest BCUT2D eigenvalue weighted by atomic mass is 10.1. The second kappa shape index (κ2) is 7.76. The molecule has 0 atom stereocenters. The number of rotatable bonds is 8. The highest BCUT2D eigenvalue weighted by molar-refractivity contribution is 6.17. The van der Waals surface area contributed by atoms with E-state index in [0.29, 0.717) is 18.4 Å². The van der Waals surface area contributed by atoms with Gasteiger partial charge in [-0.3, -0.25) is 0 Å². The molecule has 0 aliphatic carbocycles. The van der Waals surface area contributed by atoms with Crippen molar-refractivity contribution in [1.29, 1.82) is 0 Å². The summed E-state index contributed by atoms with van der Waals surface area (Å²) in [6.07, 6.45) is 3.68. The second-order valence-electron chi connectivity index (χ2n) is 5.71. The molecule has 0 aliphatic heterocycles. The van der Waals surface area contributed by atoms with Gasteiger partial charge < -0.3 is 9.30 Å². The fourth-order valence-electron chi connectivity index (χ4n) is 2.27. The topological polar surface area (TPSA) is 39.9 Å². The summed E-state index contributed by atoms with van der Waals surface area (Å²) in [6.45, 7) is 8.74. The van der Waals surface area contributed by atoms with Crippen LogP contribution in [0.5, 0.6) is 0 Å². The van der Waals surface area contributed by atoms with E-state index in [0.717, 1.165) is 48.5 Å². The molecule has 0 amide bonds. The molecule has 0 radical (unpaired) electrons. The maximum Gasteiger partial charge on any atom is 0.160 e. The van der Waals surface area contributed by atoms with Gasteiger partial charge in [-0.05, 0) is 30.9 Å². The fourth-order valence-corrected chi connectivity index (χ4v) is 2.44. The Kier molecular flexibility index (Phi) is 6.00. The number of hydrogen-bond acceptors (Lipinski definition) is 3. The molecule has 2 rings (SSSR count). The number of aryl methyl sites for hydroxylation is 2. The summed E-state index contributed by atoms with van der Waals surface area (Å²) in [7, 11) is 0. The number of halogens is 1. The minimum absolute atomic E-state index is 0.566. The standard InChI is InChI=1S/C16H24ClN3O/c1-12(2)6-10-21-11-9-20-14(4-7-17)19-15-13(3)5-8-18-16(15)20/h5,8,12H,4,6-7,9-11H2,1-3H3. The van der Waals surface area contributed by atoms with Crippen LogP contribution in [0.4, 0.5) is 0 Å². The summed E-state index contributed by atoms with van der Waals surface area (Å²) in [5.41, 5.74) is 3.05. The summed E-state index contributed by atoms with van der Waals surface area (Å²) in [5, 5.41) is 0. The largest absolute Gasteiger partial charge is 0.380 e. The summed E-state index contributed by atoms with van der Waals surface area (Å²) in [4.78, 5) is 9.16. The maximum absolute atomic E-state index is 5.89. The molecule has 21 heavy (non-hydrogen) atoms. The van der Waals surface area contributed by atoms with Crippen molar-refractivity contribution in [3.05, 3.63) is 23.7 Å². The SMILES string of the molecule is Cc1ccnc2c1nc(CCCl)n2CCOCCC(C)C. The molecule has 116 valence electrons. The lowest BCUT2D eigenvalue weighted by molar-refractivity contribution is 0.116. The van der Waals surface area contributed by atoms with Crippen molar-refractivity contribution in [2.24, 2.45) is 5.92 Å². The lowest BCUT2D eigenvalue weighted by Crippen LogP contribution is -2.11. The molecule has 0 saturated carbocycles. The average molecular weight is 310 g/mol. The van der Waals surface area contributed by atoms with Gasteiger partial charge >= 0.3 is 0 Å². The number of hydrogen-bond donors (Lipinski definition) is 0. The first kappa shape index (κ1) is 16.2. The van der Waals surface area contributed by atoms with Crippen molar-refractivity contribution in [3.8, 4) is 0 Å². The van der Waals surface area contributed by atoms with E-state index < -0.39 is 0 Å². The molecule has 0 spiro atoms. The van der Waals surface area contributed by atoms with Crippen molar-refractivity contribution >= 4 is 22.8 Å². The summed E-state index contributed by atoms with van der Waals surface area (Å²) < 4.78 is 7.86. The summed E-state index contributed by atoms with van der Waals surface area (Å²) in [6, 6.07) is 1.99. The predicted molar refractivity (Wildman–Crippen MR) is 87.0 cm³/mol. The zero-order chi connectivity index (χ0) is 15.2. The Bertz CT molecular complexity index is 580. The van der Waals surface area contributed by atoms with E-state index >= 15 is 0 Å². The van der Waals surface area contributed by atoms with E-state index in [2.05, 4.69) is 35.3 Å². The quantitative estimate of drug-likeness (QED) is 0.552. The van der Waals surface area contributed by atoms with Crippen LogP contribution in [0.2, 0.25) is 0 Å². The molecule has 2 heterocycles. The van der Waals surface area contributed by atoms with Crippen LogP contribution in [0.1, 0.15) is 31.7 Å². The van der Waals surface area contributed by atoms with Crippen LogP contribution >= 0.6 is 11.6 Å². The van der Waals surface area contributed by atoms with Crippen LogP contribution in [-0.4, -0.2) is 33.6 Å². The number of alkyl halides is 1. The monoisotopic (exact) mass is 309 g/mol. The Morgan fingerprint density at radius 1 is 1.33 bits per heavy atom. The van der Waals surface area contributed by atoms with E-state index in [1.54, 1.807) is 0 Å². The Morgan fingerprint density at radius 2 is 2.14 bits per heavy atom. The van der Waals surface area contributed by atoms with E-state index in [1.165, 1.54) is 0 Å². The zero-order valence-corrected chi connectivity index (χ0v) is 13.9. The minimum Gasteiger partial charge on any atom is -0.380 e. The van der Waals surface area contributed by atoms with Crippen LogP contribution in [0.3, 0.4) is 0 Å². The number of fused-ring (bicyclic) bond motifs is 1. The molecular weight excluding hydrogens is 286 g/mol. The van der Waals surface area contributed by atoms with Gasteiger partial charge in [-0.1, -0.05) is 13.8 Å². The van der Waals surface area contributed by atoms with Crippen molar-refractivity contribution in [3.63, 3.8) is 0 Å². The Hall–Kier alpha value is -1.13. The predicted octanol–water partition coefficient (Wildman–Crippen LogP) is 3.58. The second-order valence-corrected chi connectivity index (χ2v) is 6.09. The van der Waals surface area contributed by atoms with Gasteiger partial charge in [0.15, 0.2) is 5.65 Å². The van der Waals surface area contributed by atoms with Gasteiger partial charge in [0.2, 0.25) is 0 Å². The van der Waals surface area contributed by atoms with Crippen molar-refractivity contribution in [2.45, 2.75) is 40.2 Å². The molecule has 0 fully saturated rings. The smallest absolute Gasteiger partial charge is 0.160 e. The van der Waals surface area contributed by atoms with E-state index in [9.17, 15) is 0 Å². The third kappa shape index (κ3) is 4.17. The number of imidazole rings is 1. The van der Waals surface area contributed by atoms with Crippen molar-refractivity contribution < 1.29 is 4.74 Å². The lowest BCUT2D eigenvalue weighted by Gasteiger charge is -2.09. The third-order valence-electron chi connectivity index (χ3n) is 3.53. The van der Waals surface area contributed by atoms with Crippen molar-refractivity contribution in [1.82, 2.24) is 14.5 Å². The number of nitrogens with zero attached hydrogens (tertiary/aromatic N) is 3. The molecule has 0 saturated heterocycles. The first-order valence-corrected chi connectivity index (χ1v) is 8.11. The molecule has 0 aromatic carbocycles. The first-order chi connectivity index (χ1) is 10.1. The van der Waals surface area contributed by atoms with E-state index in [1.807, 2.05) is 12.3 Å². The molecule has 2 aromatic heterocycles. The van der Waals surface area contributed by atoms with Gasteiger partial charge in [-0.25, -0.2) is 9.97 Å². The Morgan fingerprint density at radius 3 is 2.86 bits per heavy atom. The third-order valence-corrected chi connectivity index (χ3v) is 3.72. The fraction of sp³-hybridized carbons (Fsp3) is 0.625. The molecule has 0 aliphatic rings. The number of pyridine rings is 1. The summed E-state index contributed by atoms with van der Waals surface area (Å²) in [5.74, 6) is 2.24. The molecular formula is C16H24ClN3O. The first-order valence-electron chi connectivity index (χ1n) is 7.58. The van der Waals surface area contributed by atoms with E-state index in [-0.39, 0.29) is 0 Å². The summed E-state index contributed by atoms with van der Waals surface area (Å²) >= 11 is 5.89. The van der Waals surface area contributed by atoms with Gasteiger partial charge in [0.25, 0.3) is 0 Å². The van der Waals surface area contributed by atoms with Gasteiger partial charge in [0.05, 0.1) is 6.61 Å². The van der Waals surface area contributed by atoms with Gasteiger partial charge in [0.1, 0.15) is 11.3 Å². The molecule has 5 heteroatoms. The average Bonchev–Trinajstić information content (AvgIpc) is 2.78. The van der Waals surface area contributed by atoms with Crippen molar-refractivity contribution in [2.75, 3.05) is 19.1 Å². The zero-order valence-electron chi connectivity index (χ0n) is 13.1. The number of ether oxygens (including phenoxy) is 1. The molecule has 0 bridgehead atoms. The molecule has 0 N–H and O–H groups in total. The van der Waals surface area contributed by atoms with Crippen LogP contribution < -0.4 is 0 Å². The Labute approximate surface area is 131 Å². The van der Waals surface area contributed by atoms with Crippen LogP contribution in [-0.2, 0) is 17.7 Å². The van der Waals surface area contributed by atoms with E-state index in [4.69, 9.17) is 16.3 Å².